The van der Waals surface area contributed by atoms with Gasteiger partial charge < -0.3 is 9.97 Å². The number of hydrogen-bond acceptors (Lipinski definition) is 3. The lowest BCUT2D eigenvalue weighted by Gasteiger charge is -2.04. The SMILES string of the molecule is O=C(NNC(=O)c1cc2ccncc2[nH]1)c1cc2cc(Cl)ccc2[nH]1. The summed E-state index contributed by atoms with van der Waals surface area (Å²) in [5.41, 5.74) is 6.92. The summed E-state index contributed by atoms with van der Waals surface area (Å²) in [6.07, 6.45) is 3.27. The number of pyridine rings is 1. The van der Waals surface area contributed by atoms with E-state index in [2.05, 4.69) is 25.8 Å². The molecule has 1 aromatic carbocycles. The molecular weight excluding hydrogens is 342 g/mol. The number of amides is 2. The summed E-state index contributed by atoms with van der Waals surface area (Å²) < 4.78 is 0. The molecule has 0 fully saturated rings. The van der Waals surface area contributed by atoms with Crippen molar-refractivity contribution in [1.29, 1.82) is 0 Å². The molecule has 8 heteroatoms. The van der Waals surface area contributed by atoms with Crippen molar-refractivity contribution in [2.24, 2.45) is 0 Å². The van der Waals surface area contributed by atoms with E-state index in [4.69, 9.17) is 11.6 Å². The maximum Gasteiger partial charge on any atom is 0.286 e. The molecule has 4 rings (SSSR count). The van der Waals surface area contributed by atoms with Crippen molar-refractivity contribution < 1.29 is 9.59 Å². The number of halogens is 1. The summed E-state index contributed by atoms with van der Waals surface area (Å²) in [6.45, 7) is 0. The number of carbonyl (C=O) groups excluding carboxylic acids is 2. The lowest BCUT2D eigenvalue weighted by Crippen LogP contribution is -2.41. The molecule has 25 heavy (non-hydrogen) atoms. The second-order valence-electron chi connectivity index (χ2n) is 5.47. The summed E-state index contributed by atoms with van der Waals surface area (Å²) in [5, 5.41) is 2.26. The Morgan fingerprint density at radius 2 is 1.56 bits per heavy atom. The molecule has 3 aromatic heterocycles. The first-order valence-corrected chi connectivity index (χ1v) is 7.80. The third-order valence-corrected chi connectivity index (χ3v) is 4.02. The second-order valence-corrected chi connectivity index (χ2v) is 5.91. The fourth-order valence-electron chi connectivity index (χ4n) is 2.57. The Hall–Kier alpha value is -3.32. The first kappa shape index (κ1) is 15.2. The van der Waals surface area contributed by atoms with E-state index in [1.54, 1.807) is 48.8 Å². The maximum atomic E-state index is 12.2. The average Bonchev–Trinajstić information content (AvgIpc) is 3.22. The van der Waals surface area contributed by atoms with Crippen LogP contribution in [0.3, 0.4) is 0 Å². The Morgan fingerprint density at radius 3 is 2.28 bits per heavy atom. The van der Waals surface area contributed by atoms with Gasteiger partial charge in [0.05, 0.1) is 11.7 Å². The van der Waals surface area contributed by atoms with Gasteiger partial charge in [0, 0.05) is 27.5 Å². The largest absolute Gasteiger partial charge is 0.350 e. The Morgan fingerprint density at radius 1 is 0.880 bits per heavy atom. The normalized spacial score (nSPS) is 10.9. The highest BCUT2D eigenvalue weighted by molar-refractivity contribution is 6.31. The number of hydrazine groups is 1. The van der Waals surface area contributed by atoms with E-state index in [0.29, 0.717) is 16.4 Å². The summed E-state index contributed by atoms with van der Waals surface area (Å²) in [4.78, 5) is 34.2. The summed E-state index contributed by atoms with van der Waals surface area (Å²) in [6, 6.07) is 10.4. The van der Waals surface area contributed by atoms with E-state index >= 15 is 0 Å². The summed E-state index contributed by atoms with van der Waals surface area (Å²) >= 11 is 5.93. The van der Waals surface area contributed by atoms with Crippen LogP contribution < -0.4 is 10.9 Å². The molecule has 0 saturated carbocycles. The van der Waals surface area contributed by atoms with Crippen molar-refractivity contribution >= 4 is 45.2 Å². The monoisotopic (exact) mass is 353 g/mol. The molecule has 7 nitrogen and oxygen atoms in total. The molecule has 124 valence electrons. The minimum absolute atomic E-state index is 0.318. The summed E-state index contributed by atoms with van der Waals surface area (Å²) in [7, 11) is 0. The minimum atomic E-state index is -0.460. The third-order valence-electron chi connectivity index (χ3n) is 3.79. The number of aromatic nitrogens is 3. The van der Waals surface area contributed by atoms with E-state index < -0.39 is 11.8 Å². The molecule has 0 unspecified atom stereocenters. The van der Waals surface area contributed by atoms with Gasteiger partial charge in [-0.25, -0.2) is 0 Å². The van der Waals surface area contributed by atoms with Gasteiger partial charge in [-0.3, -0.25) is 25.4 Å². The molecule has 0 atom stereocenters. The zero-order chi connectivity index (χ0) is 17.4. The topological polar surface area (TPSA) is 103 Å². The second kappa shape index (κ2) is 5.95. The van der Waals surface area contributed by atoms with Gasteiger partial charge >= 0.3 is 0 Å². The van der Waals surface area contributed by atoms with Gasteiger partial charge in [-0.05, 0) is 36.4 Å². The van der Waals surface area contributed by atoms with Crippen LogP contribution in [-0.4, -0.2) is 26.8 Å². The van der Waals surface area contributed by atoms with Crippen molar-refractivity contribution in [2.45, 2.75) is 0 Å². The number of carbonyl (C=O) groups is 2. The predicted molar refractivity (Wildman–Crippen MR) is 94.3 cm³/mol. The van der Waals surface area contributed by atoms with E-state index in [9.17, 15) is 9.59 Å². The van der Waals surface area contributed by atoms with E-state index in [-0.39, 0.29) is 0 Å². The fraction of sp³-hybridized carbons (Fsp3) is 0. The standard InChI is InChI=1S/C17H12ClN5O2/c18-11-1-2-12-10(5-11)7-14(20-12)17(25)23-22-16(24)13-6-9-3-4-19-8-15(9)21-13/h1-8,20-21H,(H,22,24)(H,23,25). The van der Waals surface area contributed by atoms with Crippen LogP contribution in [0.1, 0.15) is 21.0 Å². The van der Waals surface area contributed by atoms with Crippen LogP contribution in [0.15, 0.2) is 48.8 Å². The number of nitrogens with zero attached hydrogens (tertiary/aromatic N) is 1. The van der Waals surface area contributed by atoms with Gasteiger partial charge in [-0.1, -0.05) is 11.6 Å². The van der Waals surface area contributed by atoms with Gasteiger partial charge in [-0.2, -0.15) is 0 Å². The van der Waals surface area contributed by atoms with E-state index in [1.807, 2.05) is 0 Å². The van der Waals surface area contributed by atoms with Crippen molar-refractivity contribution in [3.05, 3.63) is 65.2 Å². The number of fused-ring (bicyclic) bond motifs is 2. The Labute approximate surface area is 146 Å². The maximum absolute atomic E-state index is 12.2. The molecule has 4 N–H and O–H groups in total. The molecule has 0 spiro atoms. The third kappa shape index (κ3) is 2.92. The number of H-pyrrole nitrogens is 2. The van der Waals surface area contributed by atoms with Crippen molar-refractivity contribution in [3.8, 4) is 0 Å². The predicted octanol–water partition coefficient (Wildman–Crippen LogP) is 2.77. The zero-order valence-corrected chi connectivity index (χ0v) is 13.5. The molecule has 0 aliphatic rings. The van der Waals surface area contributed by atoms with Gasteiger partial charge in [0.1, 0.15) is 11.4 Å². The number of rotatable bonds is 2. The Bertz CT molecular complexity index is 1080. The molecule has 0 radical (unpaired) electrons. The quantitative estimate of drug-likeness (QED) is 0.417. The number of aromatic amines is 2. The molecule has 0 saturated heterocycles. The molecule has 4 aromatic rings. The van der Waals surface area contributed by atoms with Crippen LogP contribution in [0.5, 0.6) is 0 Å². The average molecular weight is 354 g/mol. The Kier molecular flexibility index (Phi) is 3.62. The van der Waals surface area contributed by atoms with Crippen LogP contribution in [-0.2, 0) is 0 Å². The first-order chi connectivity index (χ1) is 12.1. The van der Waals surface area contributed by atoms with Crippen LogP contribution in [0.4, 0.5) is 0 Å². The smallest absolute Gasteiger partial charge is 0.286 e. The van der Waals surface area contributed by atoms with Crippen LogP contribution in [0.25, 0.3) is 21.8 Å². The highest BCUT2D eigenvalue weighted by atomic mass is 35.5. The Balaban J connectivity index is 1.47. The van der Waals surface area contributed by atoms with Gasteiger partial charge in [-0.15, -0.1) is 0 Å². The first-order valence-electron chi connectivity index (χ1n) is 7.42. The van der Waals surface area contributed by atoms with Crippen LogP contribution >= 0.6 is 11.6 Å². The highest BCUT2D eigenvalue weighted by Gasteiger charge is 2.13. The van der Waals surface area contributed by atoms with Crippen molar-refractivity contribution in [3.63, 3.8) is 0 Å². The lowest BCUT2D eigenvalue weighted by molar-refractivity contribution is 0.0842. The number of hydrogen-bond donors (Lipinski definition) is 4. The van der Waals surface area contributed by atoms with Crippen molar-refractivity contribution in [2.75, 3.05) is 0 Å². The van der Waals surface area contributed by atoms with E-state index in [0.717, 1.165) is 21.8 Å². The van der Waals surface area contributed by atoms with Gasteiger partial charge in [0.15, 0.2) is 0 Å². The number of benzene rings is 1. The molecule has 2 amide bonds. The van der Waals surface area contributed by atoms with Crippen molar-refractivity contribution in [1.82, 2.24) is 25.8 Å². The van der Waals surface area contributed by atoms with Gasteiger partial charge in [0.2, 0.25) is 0 Å². The highest BCUT2D eigenvalue weighted by Crippen LogP contribution is 2.20. The molecule has 0 bridgehead atoms. The molecular formula is C17H12ClN5O2. The van der Waals surface area contributed by atoms with Crippen LogP contribution in [0.2, 0.25) is 5.02 Å². The lowest BCUT2D eigenvalue weighted by atomic mass is 10.2. The zero-order valence-electron chi connectivity index (χ0n) is 12.8. The van der Waals surface area contributed by atoms with Gasteiger partial charge in [0.25, 0.3) is 11.8 Å². The van der Waals surface area contributed by atoms with E-state index in [1.165, 1.54) is 0 Å². The summed E-state index contributed by atoms with van der Waals surface area (Å²) in [5.74, 6) is -0.915. The molecule has 0 aliphatic carbocycles. The van der Waals surface area contributed by atoms with Crippen LogP contribution in [0, 0.1) is 0 Å². The fourth-order valence-corrected chi connectivity index (χ4v) is 2.75. The number of nitrogens with one attached hydrogen (secondary N) is 4. The molecule has 3 heterocycles. The minimum Gasteiger partial charge on any atom is -0.350 e. The molecule has 0 aliphatic heterocycles.